The Bertz CT molecular complexity index is 258. The van der Waals surface area contributed by atoms with Crippen molar-refractivity contribution in [1.82, 2.24) is 15.5 Å². The van der Waals surface area contributed by atoms with Crippen LogP contribution in [0.2, 0.25) is 0 Å². The summed E-state index contributed by atoms with van der Waals surface area (Å²) in [6, 6.07) is -0.134. The van der Waals surface area contributed by atoms with E-state index in [4.69, 9.17) is 0 Å². The van der Waals surface area contributed by atoms with Crippen molar-refractivity contribution in [2.24, 2.45) is 0 Å². The van der Waals surface area contributed by atoms with Crippen LogP contribution in [0.5, 0.6) is 0 Å². The summed E-state index contributed by atoms with van der Waals surface area (Å²) in [7, 11) is 3.37. The molecule has 2 N–H and O–H groups in total. The fourth-order valence-corrected chi connectivity index (χ4v) is 1.87. The minimum atomic E-state index is -0.134. The molecule has 0 aromatic heterocycles. The second-order valence-corrected chi connectivity index (χ2v) is 4.72. The summed E-state index contributed by atoms with van der Waals surface area (Å²) in [5.41, 5.74) is 0. The Morgan fingerprint density at radius 2 is 1.94 bits per heavy atom. The molecule has 0 radical (unpaired) electrons. The number of carbonyl (C=O) groups excluding carboxylic acids is 2. The van der Waals surface area contributed by atoms with Crippen LogP contribution < -0.4 is 10.6 Å². The van der Waals surface area contributed by atoms with Crippen molar-refractivity contribution in [1.29, 1.82) is 0 Å². The predicted octanol–water partition coefficient (Wildman–Crippen LogP) is 0.113. The molecule has 2 amide bonds. The van der Waals surface area contributed by atoms with Gasteiger partial charge in [0.15, 0.2) is 0 Å². The van der Waals surface area contributed by atoms with E-state index in [2.05, 4.69) is 10.6 Å². The Hall–Kier alpha value is -1.10. The summed E-state index contributed by atoms with van der Waals surface area (Å²) in [4.78, 5) is 24.7. The maximum Gasteiger partial charge on any atom is 0.241 e. The lowest BCUT2D eigenvalue weighted by Crippen LogP contribution is -2.47. The van der Waals surface area contributed by atoms with E-state index < -0.39 is 0 Å². The molecular weight excluding hydrogens is 218 g/mol. The second kappa shape index (κ2) is 7.27. The number of hydrogen-bond acceptors (Lipinski definition) is 3. The van der Waals surface area contributed by atoms with Crippen molar-refractivity contribution in [3.05, 3.63) is 0 Å². The summed E-state index contributed by atoms with van der Waals surface area (Å²) in [6.45, 7) is 0.976. The van der Waals surface area contributed by atoms with Gasteiger partial charge < -0.3 is 15.5 Å². The second-order valence-electron chi connectivity index (χ2n) is 4.72. The number of nitrogens with one attached hydrogen (secondary N) is 2. The maximum atomic E-state index is 11.8. The highest BCUT2D eigenvalue weighted by Crippen LogP contribution is 2.09. The first-order chi connectivity index (χ1) is 8.11. The highest BCUT2D eigenvalue weighted by atomic mass is 16.2. The quantitative estimate of drug-likeness (QED) is 0.737. The minimum Gasteiger partial charge on any atom is -0.347 e. The number of amides is 2. The van der Waals surface area contributed by atoms with Crippen molar-refractivity contribution < 1.29 is 9.59 Å². The third kappa shape index (κ3) is 5.17. The summed E-state index contributed by atoms with van der Waals surface area (Å²) in [5, 5.41) is 5.93. The van der Waals surface area contributed by atoms with E-state index in [0.29, 0.717) is 0 Å². The molecule has 1 rings (SSSR count). The minimum absolute atomic E-state index is 0.0536. The molecule has 1 saturated heterocycles. The molecule has 0 aromatic rings. The third-order valence-electron chi connectivity index (χ3n) is 3.04. The lowest BCUT2D eigenvalue weighted by molar-refractivity contribution is -0.131. The average molecular weight is 241 g/mol. The Morgan fingerprint density at radius 1 is 1.24 bits per heavy atom. The van der Waals surface area contributed by atoms with Gasteiger partial charge in [0, 0.05) is 14.1 Å². The van der Waals surface area contributed by atoms with Gasteiger partial charge in [-0.05, 0) is 19.4 Å². The first kappa shape index (κ1) is 14.0. The third-order valence-corrected chi connectivity index (χ3v) is 3.04. The van der Waals surface area contributed by atoms with Crippen molar-refractivity contribution in [3.63, 3.8) is 0 Å². The molecule has 5 heteroatoms. The van der Waals surface area contributed by atoms with Gasteiger partial charge in [0.2, 0.25) is 11.8 Å². The van der Waals surface area contributed by atoms with Crippen LogP contribution in [-0.4, -0.2) is 49.9 Å². The molecular formula is C12H23N3O2. The Morgan fingerprint density at radius 3 is 2.65 bits per heavy atom. The van der Waals surface area contributed by atoms with Gasteiger partial charge in [-0.1, -0.05) is 19.3 Å². The molecule has 1 atom stereocenters. The Kier molecular flexibility index (Phi) is 5.97. The molecule has 1 unspecified atom stereocenters. The maximum absolute atomic E-state index is 11.8. The van der Waals surface area contributed by atoms with Gasteiger partial charge in [-0.3, -0.25) is 9.59 Å². The van der Waals surface area contributed by atoms with Gasteiger partial charge in [0.25, 0.3) is 0 Å². The highest BCUT2D eigenvalue weighted by Gasteiger charge is 2.19. The first-order valence-corrected chi connectivity index (χ1v) is 6.32. The van der Waals surface area contributed by atoms with Crippen LogP contribution in [0.4, 0.5) is 0 Å². The van der Waals surface area contributed by atoms with Crippen molar-refractivity contribution in [3.8, 4) is 0 Å². The number of likely N-dealkylation sites (N-methyl/N-ethyl adjacent to an activating group) is 1. The van der Waals surface area contributed by atoms with Crippen LogP contribution in [0.1, 0.15) is 32.1 Å². The normalized spacial score (nSPS) is 21.2. The number of nitrogens with zero attached hydrogens (tertiary/aromatic N) is 1. The van der Waals surface area contributed by atoms with Crippen LogP contribution in [0.15, 0.2) is 0 Å². The van der Waals surface area contributed by atoms with E-state index in [0.717, 1.165) is 25.8 Å². The molecule has 0 saturated carbocycles. The first-order valence-electron chi connectivity index (χ1n) is 6.32. The zero-order chi connectivity index (χ0) is 12.7. The molecule has 0 aromatic carbocycles. The zero-order valence-corrected chi connectivity index (χ0v) is 10.8. The number of rotatable bonds is 3. The smallest absolute Gasteiger partial charge is 0.241 e. The monoisotopic (exact) mass is 241 g/mol. The van der Waals surface area contributed by atoms with Gasteiger partial charge in [0.1, 0.15) is 0 Å². The fourth-order valence-electron chi connectivity index (χ4n) is 1.87. The molecule has 0 spiro atoms. The SMILES string of the molecule is CN(C)C(=O)CNC(=O)C1CCCCCCN1. The van der Waals surface area contributed by atoms with Crippen LogP contribution >= 0.6 is 0 Å². The van der Waals surface area contributed by atoms with Crippen LogP contribution in [0, 0.1) is 0 Å². The molecule has 0 bridgehead atoms. The molecule has 0 aliphatic carbocycles. The van der Waals surface area contributed by atoms with Crippen molar-refractivity contribution in [2.45, 2.75) is 38.1 Å². The van der Waals surface area contributed by atoms with Gasteiger partial charge in [-0.25, -0.2) is 0 Å². The topological polar surface area (TPSA) is 61.4 Å². The van der Waals surface area contributed by atoms with Crippen LogP contribution in [0.3, 0.4) is 0 Å². The molecule has 1 aliphatic rings. The molecule has 5 nitrogen and oxygen atoms in total. The van der Waals surface area contributed by atoms with E-state index in [9.17, 15) is 9.59 Å². The fraction of sp³-hybridized carbons (Fsp3) is 0.833. The van der Waals surface area contributed by atoms with Crippen molar-refractivity contribution in [2.75, 3.05) is 27.2 Å². The Balaban J connectivity index is 2.32. The summed E-state index contributed by atoms with van der Waals surface area (Å²) >= 11 is 0. The number of hydrogen-bond donors (Lipinski definition) is 2. The van der Waals surface area contributed by atoms with Gasteiger partial charge in [-0.2, -0.15) is 0 Å². The van der Waals surface area contributed by atoms with E-state index >= 15 is 0 Å². The van der Waals surface area contributed by atoms with Crippen molar-refractivity contribution >= 4 is 11.8 Å². The van der Waals surface area contributed by atoms with E-state index in [1.807, 2.05) is 0 Å². The van der Waals surface area contributed by atoms with Gasteiger partial charge >= 0.3 is 0 Å². The molecule has 98 valence electrons. The summed E-state index contributed by atoms with van der Waals surface area (Å²) in [6.07, 6.45) is 5.50. The molecule has 1 aliphatic heterocycles. The van der Waals surface area contributed by atoms with Gasteiger partial charge in [0.05, 0.1) is 12.6 Å². The summed E-state index contributed by atoms with van der Waals surface area (Å²) < 4.78 is 0. The highest BCUT2D eigenvalue weighted by molar-refractivity contribution is 5.87. The lowest BCUT2D eigenvalue weighted by atomic mass is 10.0. The lowest BCUT2D eigenvalue weighted by Gasteiger charge is -2.21. The zero-order valence-electron chi connectivity index (χ0n) is 10.8. The molecule has 17 heavy (non-hydrogen) atoms. The Labute approximate surface area is 103 Å². The van der Waals surface area contributed by atoms with Crippen LogP contribution in [-0.2, 0) is 9.59 Å². The average Bonchev–Trinajstić information content (AvgIpc) is 2.24. The predicted molar refractivity (Wildman–Crippen MR) is 66.6 cm³/mol. The van der Waals surface area contributed by atoms with E-state index in [1.54, 1.807) is 14.1 Å². The molecule has 1 fully saturated rings. The van der Waals surface area contributed by atoms with Gasteiger partial charge in [-0.15, -0.1) is 0 Å². The van der Waals surface area contributed by atoms with Crippen LogP contribution in [0.25, 0.3) is 0 Å². The standard InChI is InChI=1S/C12H23N3O2/c1-15(2)11(16)9-14-12(17)10-7-5-3-4-6-8-13-10/h10,13H,3-9H2,1-2H3,(H,14,17). The summed E-state index contributed by atoms with van der Waals surface area (Å²) in [5.74, 6) is -0.133. The van der Waals surface area contributed by atoms with E-state index in [-0.39, 0.29) is 24.4 Å². The number of carbonyl (C=O) groups is 2. The van der Waals surface area contributed by atoms with E-state index in [1.165, 1.54) is 17.7 Å². The largest absolute Gasteiger partial charge is 0.347 e. The molecule has 1 heterocycles.